The van der Waals surface area contributed by atoms with Crippen LogP contribution >= 0.6 is 0 Å². The smallest absolute Gasteiger partial charge is 0.267 e. The van der Waals surface area contributed by atoms with E-state index in [2.05, 4.69) is 0 Å². The lowest BCUT2D eigenvalue weighted by molar-refractivity contribution is -0.145. The van der Waals surface area contributed by atoms with Crippen molar-refractivity contribution in [1.82, 2.24) is 10.0 Å². The highest BCUT2D eigenvalue weighted by molar-refractivity contribution is 6.01. The van der Waals surface area contributed by atoms with Gasteiger partial charge in [0.1, 0.15) is 0 Å². The maximum absolute atomic E-state index is 13.2. The first-order valence-electron chi connectivity index (χ1n) is 10.2. The summed E-state index contributed by atoms with van der Waals surface area (Å²) in [5.74, 6) is -1.25. The number of hydrazine groups is 1. The van der Waals surface area contributed by atoms with Crippen molar-refractivity contribution in [1.29, 1.82) is 0 Å². The average molecular weight is 466 g/mol. The number of carbonyl (C=O) groups excluding carboxylic acids is 2. The maximum Gasteiger partial charge on any atom is 0.416 e. The van der Waals surface area contributed by atoms with Gasteiger partial charge in [0.05, 0.1) is 23.2 Å². The van der Waals surface area contributed by atoms with Crippen LogP contribution in [-0.4, -0.2) is 33.9 Å². The molecule has 2 amide bonds. The van der Waals surface area contributed by atoms with E-state index in [9.17, 15) is 35.9 Å². The highest BCUT2D eigenvalue weighted by Crippen LogP contribution is 2.52. The van der Waals surface area contributed by atoms with Crippen LogP contribution in [0.25, 0.3) is 0 Å². The van der Waals surface area contributed by atoms with Crippen molar-refractivity contribution in [3.8, 4) is 0 Å². The van der Waals surface area contributed by atoms with Crippen LogP contribution in [0.2, 0.25) is 0 Å². The highest BCUT2D eigenvalue weighted by atomic mass is 19.4. The van der Waals surface area contributed by atoms with Gasteiger partial charge in [0.25, 0.3) is 11.8 Å². The average Bonchev–Trinajstić information content (AvgIpc) is 3.31. The number of carbonyl (C=O) groups is 2. The van der Waals surface area contributed by atoms with Crippen molar-refractivity contribution in [2.45, 2.75) is 30.9 Å². The monoisotopic (exact) mass is 466 g/mol. The summed E-state index contributed by atoms with van der Waals surface area (Å²) < 4.78 is 77.2. The van der Waals surface area contributed by atoms with E-state index in [1.807, 2.05) is 12.2 Å². The lowest BCUT2D eigenvalue weighted by Gasteiger charge is -2.57. The van der Waals surface area contributed by atoms with E-state index >= 15 is 0 Å². The topological polar surface area (TPSA) is 40.6 Å². The Balaban J connectivity index is 1.45. The molecule has 2 aromatic rings. The largest absolute Gasteiger partial charge is 0.416 e. The van der Waals surface area contributed by atoms with Crippen molar-refractivity contribution in [2.24, 2.45) is 11.8 Å². The van der Waals surface area contributed by atoms with E-state index in [1.165, 1.54) is 10.0 Å². The van der Waals surface area contributed by atoms with Crippen molar-refractivity contribution in [3.63, 3.8) is 0 Å². The van der Waals surface area contributed by atoms with Gasteiger partial charge >= 0.3 is 12.4 Å². The lowest BCUT2D eigenvalue weighted by atomic mass is 9.88. The van der Waals surface area contributed by atoms with E-state index in [1.54, 1.807) is 0 Å². The first-order valence-corrected chi connectivity index (χ1v) is 10.2. The van der Waals surface area contributed by atoms with Crippen molar-refractivity contribution in [2.75, 3.05) is 0 Å². The first kappa shape index (κ1) is 21.5. The Hall–Kier alpha value is -3.30. The second kappa shape index (κ2) is 7.10. The second-order valence-corrected chi connectivity index (χ2v) is 8.38. The third kappa shape index (κ3) is 3.39. The summed E-state index contributed by atoms with van der Waals surface area (Å²) in [5.41, 5.74) is -1.83. The third-order valence-electron chi connectivity index (χ3n) is 6.51. The Morgan fingerprint density at radius 2 is 0.970 bits per heavy atom. The molecule has 33 heavy (non-hydrogen) atoms. The van der Waals surface area contributed by atoms with Gasteiger partial charge in [0, 0.05) is 23.0 Å². The van der Waals surface area contributed by atoms with Gasteiger partial charge in [-0.15, -0.1) is 0 Å². The Kier molecular flexibility index (Phi) is 4.63. The number of amides is 2. The zero-order valence-corrected chi connectivity index (χ0v) is 16.8. The molecule has 1 aliphatic heterocycles. The number of fused-ring (bicyclic) bond motifs is 5. The van der Waals surface area contributed by atoms with E-state index in [0.717, 1.165) is 55.0 Å². The summed E-state index contributed by atoms with van der Waals surface area (Å²) >= 11 is 0. The minimum absolute atomic E-state index is 0.00931. The summed E-state index contributed by atoms with van der Waals surface area (Å²) in [6, 6.07) is 6.78. The number of nitrogens with zero attached hydrogens (tertiary/aromatic N) is 2. The van der Waals surface area contributed by atoms with E-state index in [0.29, 0.717) is 0 Å². The standard InChI is InChI=1S/C23H16F6N2O2/c24-22(25,26)16-7-3-12(4-8-16)20(32)30-18-14-1-2-15(11-14)19(18)31(30)21(33)13-5-9-17(10-6-13)23(27,28)29/h1-10,14-15,18-19H,11H2. The minimum Gasteiger partial charge on any atom is -0.267 e. The molecule has 4 unspecified atom stereocenters. The predicted molar refractivity (Wildman–Crippen MR) is 104 cm³/mol. The molecular formula is C23H16F6N2O2. The molecule has 3 aliphatic rings. The number of benzene rings is 2. The number of hydrogen-bond acceptors (Lipinski definition) is 2. The number of hydrogen-bond donors (Lipinski definition) is 0. The molecule has 2 bridgehead atoms. The SMILES string of the molecule is O=C(c1ccc(C(F)(F)F)cc1)N1C2C3C=CC(C3)C2N1C(=O)c1ccc(C(F)(F)F)cc1. The first-order chi connectivity index (χ1) is 15.5. The van der Waals surface area contributed by atoms with Crippen molar-refractivity contribution < 1.29 is 35.9 Å². The Labute approximate surface area is 184 Å². The predicted octanol–water partition coefficient (Wildman–Crippen LogP) is 5.18. The van der Waals surface area contributed by atoms with E-state index in [4.69, 9.17) is 0 Å². The fourth-order valence-electron chi connectivity index (χ4n) is 4.97. The molecule has 0 spiro atoms. The van der Waals surface area contributed by atoms with Gasteiger partial charge in [-0.3, -0.25) is 9.59 Å². The van der Waals surface area contributed by atoms with Gasteiger partial charge < -0.3 is 0 Å². The molecule has 172 valence electrons. The zero-order chi connectivity index (χ0) is 23.7. The van der Waals surface area contributed by atoms with Crippen molar-refractivity contribution in [3.05, 3.63) is 82.9 Å². The molecule has 0 radical (unpaired) electrons. The van der Waals surface area contributed by atoms with Gasteiger partial charge in [0.15, 0.2) is 0 Å². The van der Waals surface area contributed by atoms with Gasteiger partial charge in [0.2, 0.25) is 0 Å². The van der Waals surface area contributed by atoms with Crippen LogP contribution in [0.15, 0.2) is 60.7 Å². The van der Waals surface area contributed by atoms with Gasteiger partial charge in [-0.1, -0.05) is 12.2 Å². The second-order valence-electron chi connectivity index (χ2n) is 8.38. The van der Waals surface area contributed by atoms with E-state index < -0.39 is 35.3 Å². The van der Waals surface area contributed by atoms with Crippen LogP contribution in [0.1, 0.15) is 38.3 Å². The molecule has 4 nitrogen and oxygen atoms in total. The van der Waals surface area contributed by atoms with Gasteiger partial charge in [-0.25, -0.2) is 10.0 Å². The summed E-state index contributed by atoms with van der Waals surface area (Å²) in [7, 11) is 0. The molecule has 2 aromatic carbocycles. The number of rotatable bonds is 2. The summed E-state index contributed by atoms with van der Waals surface area (Å²) in [5, 5.41) is 2.48. The Morgan fingerprint density at radius 1 is 0.636 bits per heavy atom. The maximum atomic E-state index is 13.2. The van der Waals surface area contributed by atoms with Crippen molar-refractivity contribution >= 4 is 11.8 Å². The van der Waals surface area contributed by atoms with Crippen LogP contribution in [0.4, 0.5) is 26.3 Å². The molecule has 2 fully saturated rings. The lowest BCUT2D eigenvalue weighted by Crippen LogP contribution is -2.75. The van der Waals surface area contributed by atoms with Crippen LogP contribution in [-0.2, 0) is 12.4 Å². The van der Waals surface area contributed by atoms with Crippen LogP contribution in [0.3, 0.4) is 0 Å². The quantitative estimate of drug-likeness (QED) is 0.452. The van der Waals surface area contributed by atoms with E-state index in [-0.39, 0.29) is 35.0 Å². The zero-order valence-electron chi connectivity index (χ0n) is 16.8. The minimum atomic E-state index is -4.55. The summed E-state index contributed by atoms with van der Waals surface area (Å²) in [6.45, 7) is 0. The molecule has 1 saturated heterocycles. The molecule has 1 heterocycles. The summed E-state index contributed by atoms with van der Waals surface area (Å²) in [6.07, 6.45) is -4.46. The molecule has 10 heteroatoms. The molecule has 4 atom stereocenters. The fraction of sp³-hybridized carbons (Fsp3) is 0.304. The molecule has 2 aliphatic carbocycles. The number of alkyl halides is 6. The van der Waals surface area contributed by atoms with Crippen LogP contribution < -0.4 is 0 Å². The van der Waals surface area contributed by atoms with Crippen LogP contribution in [0, 0.1) is 11.8 Å². The Bertz CT molecular complexity index is 1050. The molecule has 0 aromatic heterocycles. The molecule has 1 saturated carbocycles. The molecular weight excluding hydrogens is 450 g/mol. The normalized spacial score (nSPS) is 25.8. The third-order valence-corrected chi connectivity index (χ3v) is 6.51. The highest BCUT2D eigenvalue weighted by Gasteiger charge is 2.63. The Morgan fingerprint density at radius 3 is 1.27 bits per heavy atom. The molecule has 5 rings (SSSR count). The number of halogens is 6. The molecule has 0 N–H and O–H groups in total. The fourth-order valence-corrected chi connectivity index (χ4v) is 4.97. The summed E-state index contributed by atoms with van der Waals surface area (Å²) in [4.78, 5) is 26.4. The van der Waals surface area contributed by atoms with Crippen LogP contribution in [0.5, 0.6) is 0 Å². The van der Waals surface area contributed by atoms with Gasteiger partial charge in [-0.2, -0.15) is 26.3 Å². The van der Waals surface area contributed by atoms with Gasteiger partial charge in [-0.05, 0) is 55.0 Å².